The molecule has 1 aromatic rings. The molecule has 0 spiro atoms. The molecule has 1 N–H and O–H groups in total. The molecular formula is C19H28BClN2O4. The van der Waals surface area contributed by atoms with Crippen molar-refractivity contribution in [2.75, 3.05) is 6.54 Å². The normalized spacial score (nSPS) is 19.1. The minimum absolute atomic E-state index is 0.214. The Labute approximate surface area is 166 Å². The number of aromatic nitrogens is 1. The third-order valence-electron chi connectivity index (χ3n) is 4.49. The molecule has 8 heteroatoms. The summed E-state index contributed by atoms with van der Waals surface area (Å²) in [6.45, 7) is 13.6. The minimum Gasteiger partial charge on any atom is -0.444 e. The molecule has 0 aliphatic carbocycles. The van der Waals surface area contributed by atoms with Gasteiger partial charge in [-0.1, -0.05) is 17.7 Å². The quantitative estimate of drug-likeness (QED) is 0.610. The lowest BCUT2D eigenvalue weighted by Crippen LogP contribution is -2.41. The van der Waals surface area contributed by atoms with E-state index in [9.17, 15) is 4.79 Å². The summed E-state index contributed by atoms with van der Waals surface area (Å²) in [6, 6.07) is 3.56. The van der Waals surface area contributed by atoms with Crippen molar-refractivity contribution in [1.82, 2.24) is 10.3 Å². The van der Waals surface area contributed by atoms with E-state index in [1.54, 1.807) is 12.3 Å². The number of pyridine rings is 1. The largest absolute Gasteiger partial charge is 0.492 e. The lowest BCUT2D eigenvalue weighted by molar-refractivity contribution is 0.00578. The van der Waals surface area contributed by atoms with E-state index in [0.29, 0.717) is 5.15 Å². The second-order valence-corrected chi connectivity index (χ2v) is 8.96. The maximum absolute atomic E-state index is 12.1. The van der Waals surface area contributed by atoms with Gasteiger partial charge in [0.1, 0.15) is 10.8 Å². The van der Waals surface area contributed by atoms with Crippen LogP contribution in [0.25, 0.3) is 6.08 Å². The third-order valence-corrected chi connectivity index (χ3v) is 4.70. The predicted molar refractivity (Wildman–Crippen MR) is 108 cm³/mol. The number of nitrogens with one attached hydrogen (secondary N) is 1. The standard InChI is InChI=1S/C19H28BClN2O4/c1-17(2,3)25-16(24)23-12-14(10-13-8-9-22-15(21)11-13)20-26-18(4,5)19(6,7)27-20/h8-11H,12H2,1-7H3,(H,23,24). The van der Waals surface area contributed by atoms with Gasteiger partial charge < -0.3 is 19.4 Å². The van der Waals surface area contributed by atoms with Gasteiger partial charge in [-0.2, -0.15) is 0 Å². The molecule has 6 nitrogen and oxygen atoms in total. The van der Waals surface area contributed by atoms with Crippen LogP contribution in [-0.4, -0.2) is 41.5 Å². The minimum atomic E-state index is -0.600. The summed E-state index contributed by atoms with van der Waals surface area (Å²) in [6.07, 6.45) is 3.00. The zero-order chi connectivity index (χ0) is 20.5. The molecule has 2 rings (SSSR count). The van der Waals surface area contributed by atoms with E-state index >= 15 is 0 Å². The topological polar surface area (TPSA) is 69.7 Å². The molecule has 1 amide bonds. The Balaban J connectivity index is 2.23. The molecule has 1 aromatic heterocycles. The molecule has 2 heterocycles. The molecule has 0 unspecified atom stereocenters. The van der Waals surface area contributed by atoms with Gasteiger partial charge in [0.2, 0.25) is 0 Å². The smallest absolute Gasteiger partial charge is 0.444 e. The SMILES string of the molecule is CC(C)(C)OC(=O)NCC(=Cc1ccnc(Cl)c1)B1OC(C)(C)C(C)(C)O1. The van der Waals surface area contributed by atoms with E-state index in [2.05, 4.69) is 10.3 Å². The van der Waals surface area contributed by atoms with Crippen molar-refractivity contribution in [2.45, 2.75) is 65.3 Å². The maximum Gasteiger partial charge on any atom is 0.492 e. The van der Waals surface area contributed by atoms with Crippen LogP contribution in [0.4, 0.5) is 4.79 Å². The van der Waals surface area contributed by atoms with Crippen molar-refractivity contribution >= 4 is 30.9 Å². The van der Waals surface area contributed by atoms with Gasteiger partial charge in [0.25, 0.3) is 0 Å². The van der Waals surface area contributed by atoms with Crippen molar-refractivity contribution in [3.05, 3.63) is 34.5 Å². The van der Waals surface area contributed by atoms with Gasteiger partial charge in [0.15, 0.2) is 0 Å². The Kier molecular flexibility index (Phi) is 6.29. The second-order valence-electron chi connectivity index (χ2n) is 8.57. The van der Waals surface area contributed by atoms with Crippen LogP contribution in [-0.2, 0) is 14.0 Å². The maximum atomic E-state index is 12.1. The average molecular weight is 395 g/mol. The van der Waals surface area contributed by atoms with Gasteiger partial charge in [-0.05, 0) is 71.6 Å². The van der Waals surface area contributed by atoms with Crippen LogP contribution >= 0.6 is 11.6 Å². The van der Waals surface area contributed by atoms with Crippen LogP contribution in [0.15, 0.2) is 23.8 Å². The lowest BCUT2D eigenvalue weighted by Gasteiger charge is -2.32. The Hall–Kier alpha value is -1.57. The first-order chi connectivity index (χ1) is 12.3. The number of ether oxygens (including phenoxy) is 1. The van der Waals surface area contributed by atoms with E-state index in [0.717, 1.165) is 11.0 Å². The first-order valence-electron chi connectivity index (χ1n) is 8.94. The molecule has 0 saturated carbocycles. The Bertz CT molecular complexity index is 713. The molecule has 148 valence electrons. The molecule has 1 saturated heterocycles. The van der Waals surface area contributed by atoms with Crippen LogP contribution in [0.5, 0.6) is 0 Å². The number of alkyl carbamates (subject to hydrolysis) is 1. The van der Waals surface area contributed by atoms with E-state index in [1.165, 1.54) is 0 Å². The summed E-state index contributed by atoms with van der Waals surface area (Å²) in [5.74, 6) is 0. The number of carbonyl (C=O) groups is 1. The number of nitrogens with zero attached hydrogens (tertiary/aromatic N) is 1. The van der Waals surface area contributed by atoms with Gasteiger partial charge in [-0.15, -0.1) is 0 Å². The van der Waals surface area contributed by atoms with Crippen molar-refractivity contribution in [2.24, 2.45) is 0 Å². The van der Waals surface area contributed by atoms with E-state index in [1.807, 2.05) is 60.6 Å². The van der Waals surface area contributed by atoms with Crippen LogP contribution < -0.4 is 5.32 Å². The molecule has 0 radical (unpaired) electrons. The van der Waals surface area contributed by atoms with Crippen molar-refractivity contribution in [3.8, 4) is 0 Å². The molecule has 1 aliphatic rings. The zero-order valence-electron chi connectivity index (χ0n) is 17.1. The second kappa shape index (κ2) is 7.82. The molecule has 0 atom stereocenters. The Morgan fingerprint density at radius 3 is 2.41 bits per heavy atom. The number of rotatable bonds is 4. The van der Waals surface area contributed by atoms with Crippen LogP contribution in [0, 0.1) is 0 Å². The monoisotopic (exact) mass is 394 g/mol. The zero-order valence-corrected chi connectivity index (χ0v) is 17.8. The van der Waals surface area contributed by atoms with Crippen LogP contribution in [0.1, 0.15) is 54.0 Å². The summed E-state index contributed by atoms with van der Waals surface area (Å²) in [4.78, 5) is 16.1. The van der Waals surface area contributed by atoms with E-state index < -0.39 is 30.0 Å². The fourth-order valence-electron chi connectivity index (χ4n) is 2.41. The number of amides is 1. The first-order valence-corrected chi connectivity index (χ1v) is 9.31. The average Bonchev–Trinajstić information content (AvgIpc) is 2.70. The highest BCUT2D eigenvalue weighted by Gasteiger charge is 2.52. The number of carbonyl (C=O) groups excluding carboxylic acids is 1. The summed E-state index contributed by atoms with van der Waals surface area (Å²) < 4.78 is 17.6. The van der Waals surface area contributed by atoms with Crippen LogP contribution in [0.2, 0.25) is 5.15 Å². The molecule has 0 aromatic carbocycles. The molecule has 1 fully saturated rings. The highest BCUT2D eigenvalue weighted by atomic mass is 35.5. The van der Waals surface area contributed by atoms with Crippen molar-refractivity contribution < 1.29 is 18.8 Å². The summed E-state index contributed by atoms with van der Waals surface area (Å²) in [5, 5.41) is 3.15. The number of hydrogen-bond acceptors (Lipinski definition) is 5. The van der Waals surface area contributed by atoms with Gasteiger partial charge in [-0.3, -0.25) is 0 Å². The van der Waals surface area contributed by atoms with E-state index in [4.69, 9.17) is 25.6 Å². The molecular weight excluding hydrogens is 366 g/mol. The summed E-state index contributed by atoms with van der Waals surface area (Å²) in [5.41, 5.74) is 0.0427. The third kappa shape index (κ3) is 5.96. The number of hydrogen-bond donors (Lipinski definition) is 1. The Morgan fingerprint density at radius 2 is 1.89 bits per heavy atom. The first kappa shape index (κ1) is 21.7. The summed E-state index contributed by atoms with van der Waals surface area (Å²) >= 11 is 5.99. The fourth-order valence-corrected chi connectivity index (χ4v) is 2.59. The van der Waals surface area contributed by atoms with Crippen LogP contribution in [0.3, 0.4) is 0 Å². The molecule has 0 bridgehead atoms. The summed E-state index contributed by atoms with van der Waals surface area (Å²) in [7, 11) is -0.600. The lowest BCUT2D eigenvalue weighted by atomic mass is 9.77. The Morgan fingerprint density at radius 1 is 1.30 bits per heavy atom. The highest BCUT2D eigenvalue weighted by Crippen LogP contribution is 2.38. The van der Waals surface area contributed by atoms with Gasteiger partial charge in [0, 0.05) is 12.7 Å². The van der Waals surface area contributed by atoms with Crippen molar-refractivity contribution in [3.63, 3.8) is 0 Å². The predicted octanol–water partition coefficient (Wildman–Crippen LogP) is 4.27. The molecule has 27 heavy (non-hydrogen) atoms. The van der Waals surface area contributed by atoms with Gasteiger partial charge in [0.05, 0.1) is 11.2 Å². The van der Waals surface area contributed by atoms with E-state index in [-0.39, 0.29) is 6.54 Å². The number of halogens is 1. The van der Waals surface area contributed by atoms with Gasteiger partial charge >= 0.3 is 13.2 Å². The fraction of sp³-hybridized carbons (Fsp3) is 0.579. The van der Waals surface area contributed by atoms with Gasteiger partial charge in [-0.25, -0.2) is 9.78 Å². The van der Waals surface area contributed by atoms with Crippen molar-refractivity contribution in [1.29, 1.82) is 0 Å². The highest BCUT2D eigenvalue weighted by molar-refractivity contribution is 6.56. The molecule has 1 aliphatic heterocycles.